The molecule has 0 atom stereocenters. The highest BCUT2D eigenvalue weighted by Gasteiger charge is 2.40. The minimum Gasteiger partial charge on any atom is -0.293 e. The van der Waals surface area contributed by atoms with Gasteiger partial charge in [0.2, 0.25) is 0 Å². The van der Waals surface area contributed by atoms with Crippen LogP contribution in [0.2, 0.25) is 0 Å². The Hall–Kier alpha value is -4.76. The summed E-state index contributed by atoms with van der Waals surface area (Å²) in [7, 11) is 0. The number of benzene rings is 5. The summed E-state index contributed by atoms with van der Waals surface area (Å²) in [5.41, 5.74) is 7.79. The summed E-state index contributed by atoms with van der Waals surface area (Å²) < 4.78 is 2.37. The van der Waals surface area contributed by atoms with Gasteiger partial charge in [-0.05, 0) is 34.5 Å². The van der Waals surface area contributed by atoms with Crippen molar-refractivity contribution in [2.45, 2.75) is 19.3 Å². The van der Waals surface area contributed by atoms with E-state index in [0.29, 0.717) is 0 Å². The molecule has 0 saturated carbocycles. The van der Waals surface area contributed by atoms with Gasteiger partial charge in [0, 0.05) is 32.9 Å². The van der Waals surface area contributed by atoms with Crippen LogP contribution in [0.1, 0.15) is 25.0 Å². The number of aromatic nitrogens is 3. The Morgan fingerprint density at radius 1 is 0.605 bits per heavy atom. The first-order valence-corrected chi connectivity index (χ1v) is 13.1. The number of nitrogens with zero attached hydrogens (tertiary/aromatic N) is 3. The summed E-state index contributed by atoms with van der Waals surface area (Å²) in [6.07, 6.45) is 0. The summed E-state index contributed by atoms with van der Waals surface area (Å²) in [5, 5.41) is 4.94. The number of hydrogen-bond donors (Lipinski definition) is 0. The van der Waals surface area contributed by atoms with Crippen molar-refractivity contribution in [3.63, 3.8) is 0 Å². The molecule has 0 bridgehead atoms. The van der Waals surface area contributed by atoms with E-state index in [2.05, 4.69) is 128 Å². The van der Waals surface area contributed by atoms with Gasteiger partial charge in [-0.1, -0.05) is 111 Å². The predicted molar refractivity (Wildman–Crippen MR) is 157 cm³/mol. The Kier molecular flexibility index (Phi) is 4.28. The highest BCUT2D eigenvalue weighted by molar-refractivity contribution is 6.13. The SMILES string of the molecule is CC1(C)c2ccccc2-c2nc(-c3ccccc3)nc(-n3c4ccccc4c4cc5ccccc5cc43)c21. The number of fused-ring (bicyclic) bond motifs is 7. The molecule has 2 heterocycles. The molecular formula is C35H25N3. The molecule has 8 rings (SSSR count). The fourth-order valence-electron chi connectivity index (χ4n) is 6.35. The molecule has 3 heteroatoms. The molecular weight excluding hydrogens is 462 g/mol. The lowest BCUT2D eigenvalue weighted by Crippen LogP contribution is -2.19. The molecule has 0 amide bonds. The third-order valence-corrected chi connectivity index (χ3v) is 8.15. The second-order valence-electron chi connectivity index (χ2n) is 10.7. The first-order chi connectivity index (χ1) is 18.6. The molecule has 3 nitrogen and oxygen atoms in total. The Morgan fingerprint density at radius 2 is 1.29 bits per heavy atom. The van der Waals surface area contributed by atoms with E-state index >= 15 is 0 Å². The molecule has 5 aromatic carbocycles. The minimum absolute atomic E-state index is 0.245. The van der Waals surface area contributed by atoms with Crippen molar-refractivity contribution in [2.75, 3.05) is 0 Å². The molecule has 0 saturated heterocycles. The normalized spacial score (nSPS) is 13.7. The van der Waals surface area contributed by atoms with E-state index in [1.807, 2.05) is 6.07 Å². The van der Waals surface area contributed by atoms with Crippen LogP contribution in [0.4, 0.5) is 0 Å². The van der Waals surface area contributed by atoms with Gasteiger partial charge in [-0.3, -0.25) is 4.57 Å². The molecule has 1 aliphatic rings. The highest BCUT2D eigenvalue weighted by Crippen LogP contribution is 2.51. The third-order valence-electron chi connectivity index (χ3n) is 8.15. The first kappa shape index (κ1) is 21.3. The van der Waals surface area contributed by atoms with E-state index in [0.717, 1.165) is 33.9 Å². The summed E-state index contributed by atoms with van der Waals surface area (Å²) in [6, 6.07) is 40.9. The van der Waals surface area contributed by atoms with Crippen LogP contribution in [-0.4, -0.2) is 14.5 Å². The summed E-state index contributed by atoms with van der Waals surface area (Å²) in [6.45, 7) is 4.60. The third kappa shape index (κ3) is 2.84. The Balaban J connectivity index is 1.57. The largest absolute Gasteiger partial charge is 0.293 e. The molecule has 2 aromatic heterocycles. The lowest BCUT2D eigenvalue weighted by Gasteiger charge is -2.24. The highest BCUT2D eigenvalue weighted by atomic mass is 15.1. The maximum Gasteiger partial charge on any atom is 0.162 e. The zero-order chi connectivity index (χ0) is 25.4. The molecule has 7 aromatic rings. The van der Waals surface area contributed by atoms with Crippen molar-refractivity contribution in [3.8, 4) is 28.5 Å². The first-order valence-electron chi connectivity index (χ1n) is 13.1. The van der Waals surface area contributed by atoms with E-state index < -0.39 is 0 Å². The van der Waals surface area contributed by atoms with Crippen LogP contribution in [0, 0.1) is 0 Å². The summed E-state index contributed by atoms with van der Waals surface area (Å²) in [4.78, 5) is 10.6. The van der Waals surface area contributed by atoms with Crippen molar-refractivity contribution in [1.29, 1.82) is 0 Å². The van der Waals surface area contributed by atoms with Gasteiger partial charge in [0.05, 0.1) is 16.7 Å². The second kappa shape index (κ2) is 7.62. The van der Waals surface area contributed by atoms with Gasteiger partial charge in [-0.15, -0.1) is 0 Å². The maximum atomic E-state index is 5.37. The molecule has 0 unspecified atom stereocenters. The van der Waals surface area contributed by atoms with Gasteiger partial charge in [0.15, 0.2) is 5.82 Å². The number of para-hydroxylation sites is 1. The topological polar surface area (TPSA) is 30.7 Å². The molecule has 0 fully saturated rings. The van der Waals surface area contributed by atoms with Crippen LogP contribution < -0.4 is 0 Å². The molecule has 180 valence electrons. The van der Waals surface area contributed by atoms with Crippen LogP contribution in [0.15, 0.2) is 115 Å². The quantitative estimate of drug-likeness (QED) is 0.244. The van der Waals surface area contributed by atoms with Crippen molar-refractivity contribution in [2.24, 2.45) is 0 Å². The van der Waals surface area contributed by atoms with Crippen LogP contribution >= 0.6 is 0 Å². The molecule has 0 radical (unpaired) electrons. The van der Waals surface area contributed by atoms with E-state index in [9.17, 15) is 0 Å². The van der Waals surface area contributed by atoms with Gasteiger partial charge >= 0.3 is 0 Å². The average Bonchev–Trinajstić information content (AvgIpc) is 3.40. The summed E-state index contributed by atoms with van der Waals surface area (Å²) in [5.74, 6) is 1.70. The predicted octanol–water partition coefficient (Wildman–Crippen LogP) is 8.70. The molecule has 38 heavy (non-hydrogen) atoms. The van der Waals surface area contributed by atoms with E-state index in [1.54, 1.807) is 0 Å². The Bertz CT molecular complexity index is 2050. The molecule has 1 aliphatic carbocycles. The lowest BCUT2D eigenvalue weighted by molar-refractivity contribution is 0.650. The van der Waals surface area contributed by atoms with Gasteiger partial charge in [0.1, 0.15) is 5.82 Å². The molecule has 0 N–H and O–H groups in total. The van der Waals surface area contributed by atoms with Crippen molar-refractivity contribution >= 4 is 32.6 Å². The standard InChI is InChI=1S/C35H25N3/c1-35(2)28-18-10-8-17-26(28)32-31(35)34(37-33(36-32)22-12-4-3-5-13-22)38-29-19-11-9-16-25(29)27-20-23-14-6-7-15-24(23)21-30(27)38/h3-21H,1-2H3. The van der Waals surface area contributed by atoms with Crippen LogP contribution in [0.3, 0.4) is 0 Å². The fraction of sp³-hybridized carbons (Fsp3) is 0.0857. The Morgan fingerprint density at radius 3 is 2.13 bits per heavy atom. The van der Waals surface area contributed by atoms with Crippen molar-refractivity contribution in [3.05, 3.63) is 126 Å². The molecule has 0 aliphatic heterocycles. The number of hydrogen-bond acceptors (Lipinski definition) is 2. The molecule has 0 spiro atoms. The average molecular weight is 488 g/mol. The van der Waals surface area contributed by atoms with Crippen LogP contribution in [-0.2, 0) is 5.41 Å². The minimum atomic E-state index is -0.245. The van der Waals surface area contributed by atoms with Gasteiger partial charge in [0.25, 0.3) is 0 Å². The maximum absolute atomic E-state index is 5.37. The zero-order valence-electron chi connectivity index (χ0n) is 21.3. The van der Waals surface area contributed by atoms with E-state index in [4.69, 9.17) is 9.97 Å². The van der Waals surface area contributed by atoms with E-state index in [1.165, 1.54) is 38.2 Å². The lowest BCUT2D eigenvalue weighted by atomic mass is 9.82. The van der Waals surface area contributed by atoms with Gasteiger partial charge in [-0.25, -0.2) is 9.97 Å². The fourth-order valence-corrected chi connectivity index (χ4v) is 6.35. The van der Waals surface area contributed by atoms with Crippen molar-refractivity contribution in [1.82, 2.24) is 14.5 Å². The zero-order valence-corrected chi connectivity index (χ0v) is 21.3. The van der Waals surface area contributed by atoms with Crippen molar-refractivity contribution < 1.29 is 0 Å². The summed E-state index contributed by atoms with van der Waals surface area (Å²) >= 11 is 0. The van der Waals surface area contributed by atoms with Gasteiger partial charge < -0.3 is 0 Å². The van der Waals surface area contributed by atoms with Crippen LogP contribution in [0.5, 0.6) is 0 Å². The second-order valence-corrected chi connectivity index (χ2v) is 10.7. The van der Waals surface area contributed by atoms with Gasteiger partial charge in [-0.2, -0.15) is 0 Å². The Labute approximate surface area is 221 Å². The van der Waals surface area contributed by atoms with Crippen LogP contribution in [0.25, 0.3) is 61.0 Å². The number of rotatable bonds is 2. The monoisotopic (exact) mass is 487 g/mol. The van der Waals surface area contributed by atoms with E-state index in [-0.39, 0.29) is 5.41 Å². The smallest absolute Gasteiger partial charge is 0.162 e.